The molecule has 0 unspecified atom stereocenters. The number of carbonyl (C=O) groups excluding carboxylic acids is 1. The molecule has 0 fully saturated rings. The fourth-order valence-corrected chi connectivity index (χ4v) is 4.19. The SMILES string of the molecule is C=CCc1ccc(OCCCCn2c(CNC(=O)c3ccc(OC)cc3)nc3ccccc32)c(OC)c1. The molecule has 1 heterocycles. The number of unbranched alkanes of at least 4 members (excludes halogenated alkanes) is 1. The van der Waals surface area contributed by atoms with Gasteiger partial charge in [0.05, 0.1) is 38.4 Å². The van der Waals surface area contributed by atoms with E-state index in [4.69, 9.17) is 19.2 Å². The van der Waals surface area contributed by atoms with Crippen LogP contribution in [0.1, 0.15) is 34.6 Å². The molecule has 0 aliphatic rings. The van der Waals surface area contributed by atoms with Gasteiger partial charge in [-0.15, -0.1) is 6.58 Å². The van der Waals surface area contributed by atoms with Crippen LogP contribution in [0.2, 0.25) is 0 Å². The molecule has 1 amide bonds. The number of fused-ring (bicyclic) bond motifs is 1. The molecule has 0 spiro atoms. The predicted molar refractivity (Wildman–Crippen MR) is 146 cm³/mol. The van der Waals surface area contributed by atoms with Gasteiger partial charge in [-0.3, -0.25) is 4.79 Å². The van der Waals surface area contributed by atoms with Gasteiger partial charge in [0.15, 0.2) is 11.5 Å². The molecule has 7 nitrogen and oxygen atoms in total. The molecule has 0 aliphatic heterocycles. The molecule has 0 aliphatic carbocycles. The standard InChI is InChI=1S/C30H33N3O4/c1-4-9-22-12-17-27(28(20-22)36-3)37-19-8-7-18-33-26-11-6-5-10-25(26)32-29(33)21-31-30(34)23-13-15-24(35-2)16-14-23/h4-6,10-17,20H,1,7-9,18-19,21H2,2-3H3,(H,31,34). The highest BCUT2D eigenvalue weighted by atomic mass is 16.5. The average molecular weight is 500 g/mol. The van der Waals surface area contributed by atoms with Gasteiger partial charge in [0.25, 0.3) is 5.91 Å². The highest BCUT2D eigenvalue weighted by molar-refractivity contribution is 5.94. The molecular formula is C30H33N3O4. The fraction of sp³-hybridized carbons (Fsp3) is 0.267. The van der Waals surface area contributed by atoms with E-state index in [1.54, 1.807) is 38.5 Å². The third-order valence-corrected chi connectivity index (χ3v) is 6.13. The lowest BCUT2D eigenvalue weighted by atomic mass is 10.1. The Morgan fingerprint density at radius 2 is 1.81 bits per heavy atom. The number of aryl methyl sites for hydroxylation is 1. The zero-order chi connectivity index (χ0) is 26.0. The molecule has 0 atom stereocenters. The highest BCUT2D eigenvalue weighted by Gasteiger charge is 2.13. The molecule has 1 aromatic heterocycles. The van der Waals surface area contributed by atoms with Crippen molar-refractivity contribution in [3.05, 3.63) is 96.3 Å². The predicted octanol–water partition coefficient (Wildman–Crippen LogP) is 5.57. The minimum Gasteiger partial charge on any atom is -0.497 e. The number of aromatic nitrogens is 2. The zero-order valence-corrected chi connectivity index (χ0v) is 21.4. The van der Waals surface area contributed by atoms with Crippen molar-refractivity contribution < 1.29 is 19.0 Å². The Hall–Kier alpha value is -4.26. The molecule has 0 saturated heterocycles. The van der Waals surface area contributed by atoms with Crippen molar-refractivity contribution in [1.29, 1.82) is 0 Å². The first kappa shape index (κ1) is 25.8. The van der Waals surface area contributed by atoms with E-state index in [0.29, 0.717) is 24.5 Å². The van der Waals surface area contributed by atoms with Gasteiger partial charge in [-0.1, -0.05) is 24.3 Å². The van der Waals surface area contributed by atoms with Gasteiger partial charge < -0.3 is 24.1 Å². The van der Waals surface area contributed by atoms with Crippen LogP contribution in [0.5, 0.6) is 17.2 Å². The maximum atomic E-state index is 12.7. The largest absolute Gasteiger partial charge is 0.497 e. The molecule has 3 aromatic carbocycles. The minimum atomic E-state index is -0.150. The van der Waals surface area contributed by atoms with Gasteiger partial charge >= 0.3 is 0 Å². The van der Waals surface area contributed by atoms with Crippen molar-refractivity contribution in [2.24, 2.45) is 0 Å². The van der Waals surface area contributed by atoms with Crippen LogP contribution in [0.3, 0.4) is 0 Å². The fourth-order valence-electron chi connectivity index (χ4n) is 4.19. The number of carbonyl (C=O) groups is 1. The Kier molecular flexibility index (Phi) is 8.81. The topological polar surface area (TPSA) is 74.6 Å². The van der Waals surface area contributed by atoms with E-state index in [-0.39, 0.29) is 5.91 Å². The van der Waals surface area contributed by atoms with Gasteiger partial charge in [-0.25, -0.2) is 4.98 Å². The molecule has 37 heavy (non-hydrogen) atoms. The number of nitrogens with zero attached hydrogens (tertiary/aromatic N) is 2. The summed E-state index contributed by atoms with van der Waals surface area (Å²) in [5, 5.41) is 3.00. The summed E-state index contributed by atoms with van der Waals surface area (Å²) in [5.41, 5.74) is 3.68. The van der Waals surface area contributed by atoms with Gasteiger partial charge in [-0.05, 0) is 73.4 Å². The normalized spacial score (nSPS) is 10.8. The summed E-state index contributed by atoms with van der Waals surface area (Å²) in [4.78, 5) is 17.4. The Bertz CT molecular complexity index is 1340. The second-order valence-corrected chi connectivity index (χ2v) is 8.61. The summed E-state index contributed by atoms with van der Waals surface area (Å²) < 4.78 is 18.8. The average Bonchev–Trinajstić information content (AvgIpc) is 3.29. The van der Waals surface area contributed by atoms with Crippen molar-refractivity contribution in [3.8, 4) is 17.2 Å². The third-order valence-electron chi connectivity index (χ3n) is 6.13. The number of hydrogen-bond donors (Lipinski definition) is 1. The highest BCUT2D eigenvalue weighted by Crippen LogP contribution is 2.28. The Morgan fingerprint density at radius 3 is 2.57 bits per heavy atom. The molecule has 4 aromatic rings. The van der Waals surface area contributed by atoms with Gasteiger partial charge in [-0.2, -0.15) is 0 Å². The number of hydrogen-bond acceptors (Lipinski definition) is 5. The quantitative estimate of drug-likeness (QED) is 0.192. The summed E-state index contributed by atoms with van der Waals surface area (Å²) in [7, 11) is 3.25. The van der Waals surface area contributed by atoms with Crippen molar-refractivity contribution in [1.82, 2.24) is 14.9 Å². The van der Waals surface area contributed by atoms with Crippen molar-refractivity contribution in [3.63, 3.8) is 0 Å². The summed E-state index contributed by atoms with van der Waals surface area (Å²) in [6, 6.07) is 21.0. The number of methoxy groups -OCH3 is 2. The first-order chi connectivity index (χ1) is 18.1. The summed E-state index contributed by atoms with van der Waals surface area (Å²) in [6.45, 7) is 5.47. The lowest BCUT2D eigenvalue weighted by Crippen LogP contribution is -2.24. The number of para-hydroxylation sites is 2. The van der Waals surface area contributed by atoms with E-state index in [0.717, 1.165) is 59.7 Å². The van der Waals surface area contributed by atoms with Crippen LogP contribution >= 0.6 is 0 Å². The molecule has 1 N–H and O–H groups in total. The van der Waals surface area contributed by atoms with Gasteiger partial charge in [0, 0.05) is 12.1 Å². The molecule has 0 bridgehead atoms. The number of amides is 1. The minimum absolute atomic E-state index is 0.150. The number of imidazole rings is 1. The third kappa shape index (κ3) is 6.50. The van der Waals surface area contributed by atoms with E-state index in [1.807, 2.05) is 42.5 Å². The summed E-state index contributed by atoms with van der Waals surface area (Å²) in [5.74, 6) is 2.86. The molecule has 0 saturated carbocycles. The van der Waals surface area contributed by atoms with Crippen LogP contribution in [0.25, 0.3) is 11.0 Å². The van der Waals surface area contributed by atoms with Crippen LogP contribution in [-0.4, -0.2) is 36.3 Å². The zero-order valence-electron chi connectivity index (χ0n) is 21.4. The monoisotopic (exact) mass is 499 g/mol. The van der Waals surface area contributed by atoms with Gasteiger partial charge in [0.2, 0.25) is 0 Å². The van der Waals surface area contributed by atoms with Gasteiger partial charge in [0.1, 0.15) is 11.6 Å². The lowest BCUT2D eigenvalue weighted by Gasteiger charge is -2.13. The van der Waals surface area contributed by atoms with Crippen LogP contribution in [-0.2, 0) is 19.5 Å². The molecule has 0 radical (unpaired) electrons. The number of rotatable bonds is 13. The Labute approximate surface area is 217 Å². The van der Waals surface area contributed by atoms with E-state index in [2.05, 4.69) is 22.5 Å². The first-order valence-electron chi connectivity index (χ1n) is 12.4. The summed E-state index contributed by atoms with van der Waals surface area (Å²) in [6.07, 6.45) is 4.42. The molecule has 7 heteroatoms. The van der Waals surface area contributed by atoms with Crippen molar-refractivity contribution in [2.75, 3.05) is 20.8 Å². The number of allylic oxidation sites excluding steroid dienone is 1. The molecule has 192 valence electrons. The number of nitrogens with one attached hydrogen (secondary N) is 1. The molecule has 4 rings (SSSR count). The van der Waals surface area contributed by atoms with E-state index in [1.165, 1.54) is 0 Å². The van der Waals surface area contributed by atoms with Crippen LogP contribution in [0.15, 0.2) is 79.4 Å². The van der Waals surface area contributed by atoms with Crippen LogP contribution < -0.4 is 19.5 Å². The number of ether oxygens (including phenoxy) is 3. The van der Waals surface area contributed by atoms with Crippen molar-refractivity contribution >= 4 is 16.9 Å². The summed E-state index contributed by atoms with van der Waals surface area (Å²) >= 11 is 0. The maximum absolute atomic E-state index is 12.7. The van der Waals surface area contributed by atoms with E-state index >= 15 is 0 Å². The first-order valence-corrected chi connectivity index (χ1v) is 12.4. The Balaban J connectivity index is 1.35. The number of benzene rings is 3. The van der Waals surface area contributed by atoms with Crippen LogP contribution in [0, 0.1) is 0 Å². The van der Waals surface area contributed by atoms with E-state index in [9.17, 15) is 4.79 Å². The second-order valence-electron chi connectivity index (χ2n) is 8.61. The lowest BCUT2D eigenvalue weighted by molar-refractivity contribution is 0.0949. The smallest absolute Gasteiger partial charge is 0.251 e. The van der Waals surface area contributed by atoms with Crippen LogP contribution in [0.4, 0.5) is 0 Å². The van der Waals surface area contributed by atoms with Crippen molar-refractivity contribution in [2.45, 2.75) is 32.4 Å². The maximum Gasteiger partial charge on any atom is 0.251 e. The van der Waals surface area contributed by atoms with E-state index < -0.39 is 0 Å². The second kappa shape index (κ2) is 12.6. The molecular weight excluding hydrogens is 466 g/mol. The Morgan fingerprint density at radius 1 is 1.00 bits per heavy atom.